The molecule has 1 aromatic rings. The van der Waals surface area contributed by atoms with Gasteiger partial charge in [-0.1, -0.05) is 24.3 Å². The van der Waals surface area contributed by atoms with E-state index in [0.29, 0.717) is 6.54 Å². The second-order valence-electron chi connectivity index (χ2n) is 6.12. The van der Waals surface area contributed by atoms with Crippen LogP contribution in [0.2, 0.25) is 0 Å². The lowest BCUT2D eigenvalue weighted by Crippen LogP contribution is -2.62. The number of rotatable bonds is 4. The Hall–Kier alpha value is -0.900. The molecule has 0 radical (unpaired) electrons. The molecule has 1 fully saturated rings. The van der Waals surface area contributed by atoms with E-state index in [1.54, 1.807) is 0 Å². The molecule has 2 aliphatic carbocycles. The van der Waals surface area contributed by atoms with Crippen molar-refractivity contribution < 1.29 is 9.84 Å². The number of benzene rings is 1. The highest BCUT2D eigenvalue weighted by Gasteiger charge is 2.58. The average Bonchev–Trinajstić information content (AvgIpc) is 2.77. The van der Waals surface area contributed by atoms with Crippen LogP contribution in [0.15, 0.2) is 24.3 Å². The van der Waals surface area contributed by atoms with E-state index in [1.165, 1.54) is 11.1 Å². The second kappa shape index (κ2) is 4.58. The summed E-state index contributed by atoms with van der Waals surface area (Å²) >= 11 is 0. The highest BCUT2D eigenvalue weighted by atomic mass is 16.5. The first kappa shape index (κ1) is 13.1. The van der Waals surface area contributed by atoms with Gasteiger partial charge in [0.15, 0.2) is 0 Å². The van der Waals surface area contributed by atoms with Crippen molar-refractivity contribution in [3.05, 3.63) is 35.4 Å². The minimum Gasteiger partial charge on any atom is -0.389 e. The van der Waals surface area contributed by atoms with E-state index in [2.05, 4.69) is 24.3 Å². The molecular formula is C16H23NO2. The molecule has 3 rings (SSSR count). The van der Waals surface area contributed by atoms with Crippen LogP contribution in [-0.4, -0.2) is 30.0 Å². The van der Waals surface area contributed by atoms with E-state index in [0.717, 1.165) is 32.3 Å². The fourth-order valence-electron chi connectivity index (χ4n) is 3.84. The molecule has 0 amide bonds. The topological polar surface area (TPSA) is 55.5 Å². The zero-order valence-electron chi connectivity index (χ0n) is 11.6. The molecule has 0 unspecified atom stereocenters. The van der Waals surface area contributed by atoms with Crippen LogP contribution in [0.3, 0.4) is 0 Å². The summed E-state index contributed by atoms with van der Waals surface area (Å²) in [4.78, 5) is 0. The second-order valence-corrected chi connectivity index (χ2v) is 6.12. The molecule has 3 nitrogen and oxygen atoms in total. The van der Waals surface area contributed by atoms with Crippen molar-refractivity contribution >= 4 is 0 Å². The van der Waals surface area contributed by atoms with E-state index >= 15 is 0 Å². The predicted molar refractivity (Wildman–Crippen MR) is 74.9 cm³/mol. The molecule has 3 N–H and O–H groups in total. The van der Waals surface area contributed by atoms with Gasteiger partial charge in [-0.15, -0.1) is 0 Å². The van der Waals surface area contributed by atoms with E-state index in [9.17, 15) is 5.11 Å². The molecule has 2 aliphatic rings. The zero-order chi connectivity index (χ0) is 13.5. The summed E-state index contributed by atoms with van der Waals surface area (Å²) in [5.74, 6) is 0. The summed E-state index contributed by atoms with van der Waals surface area (Å²) in [6.45, 7) is 3.26. The van der Waals surface area contributed by atoms with E-state index in [-0.39, 0.29) is 11.5 Å². The molecule has 19 heavy (non-hydrogen) atoms. The average molecular weight is 261 g/mol. The third-order valence-electron chi connectivity index (χ3n) is 5.09. The van der Waals surface area contributed by atoms with Crippen LogP contribution in [0, 0.1) is 5.41 Å². The largest absolute Gasteiger partial charge is 0.389 e. The van der Waals surface area contributed by atoms with Crippen LogP contribution in [0.4, 0.5) is 0 Å². The molecule has 0 bridgehead atoms. The van der Waals surface area contributed by atoms with Crippen molar-refractivity contribution in [1.29, 1.82) is 0 Å². The van der Waals surface area contributed by atoms with Crippen molar-refractivity contribution in [3.8, 4) is 0 Å². The van der Waals surface area contributed by atoms with E-state index in [4.69, 9.17) is 10.5 Å². The third-order valence-corrected chi connectivity index (χ3v) is 5.09. The van der Waals surface area contributed by atoms with Gasteiger partial charge < -0.3 is 15.6 Å². The molecule has 0 spiro atoms. The van der Waals surface area contributed by atoms with Gasteiger partial charge in [-0.25, -0.2) is 0 Å². The van der Waals surface area contributed by atoms with Gasteiger partial charge in [0, 0.05) is 31.4 Å². The maximum absolute atomic E-state index is 11.0. The van der Waals surface area contributed by atoms with Gasteiger partial charge >= 0.3 is 0 Å². The Balaban J connectivity index is 1.80. The standard InChI is InChI=1S/C16H23NO2/c1-2-19-14-9-16(18,10-14)15(11-17)7-12-5-3-4-6-13(12)8-15/h3-6,14,18H,2,7-11,17H2,1H3. The number of ether oxygens (including phenoxy) is 1. The summed E-state index contributed by atoms with van der Waals surface area (Å²) in [7, 11) is 0. The Morgan fingerprint density at radius 3 is 2.32 bits per heavy atom. The number of nitrogens with two attached hydrogens (primary N) is 1. The molecule has 3 heteroatoms. The highest BCUT2D eigenvalue weighted by molar-refractivity contribution is 5.37. The van der Waals surface area contributed by atoms with Crippen LogP contribution in [0.25, 0.3) is 0 Å². The predicted octanol–water partition coefficient (Wildman–Crippen LogP) is 1.66. The van der Waals surface area contributed by atoms with Crippen LogP contribution in [0.5, 0.6) is 0 Å². The van der Waals surface area contributed by atoms with Gasteiger partial charge in [0.05, 0.1) is 11.7 Å². The summed E-state index contributed by atoms with van der Waals surface area (Å²) in [6.07, 6.45) is 3.46. The maximum Gasteiger partial charge on any atom is 0.0771 e. The van der Waals surface area contributed by atoms with Crippen LogP contribution < -0.4 is 5.73 Å². The van der Waals surface area contributed by atoms with Gasteiger partial charge in [-0.3, -0.25) is 0 Å². The Morgan fingerprint density at radius 1 is 1.26 bits per heavy atom. The first-order chi connectivity index (χ1) is 9.12. The fraction of sp³-hybridized carbons (Fsp3) is 0.625. The van der Waals surface area contributed by atoms with Gasteiger partial charge in [0.25, 0.3) is 0 Å². The summed E-state index contributed by atoms with van der Waals surface area (Å²) in [6, 6.07) is 8.46. The minimum atomic E-state index is -0.652. The van der Waals surface area contributed by atoms with Gasteiger partial charge in [-0.05, 0) is 30.9 Å². The van der Waals surface area contributed by atoms with Crippen molar-refractivity contribution in [2.24, 2.45) is 11.1 Å². The minimum absolute atomic E-state index is 0.190. The monoisotopic (exact) mass is 261 g/mol. The summed E-state index contributed by atoms with van der Waals surface area (Å²) < 4.78 is 5.60. The number of fused-ring (bicyclic) bond motifs is 1. The lowest BCUT2D eigenvalue weighted by Gasteiger charge is -2.54. The fourth-order valence-corrected chi connectivity index (χ4v) is 3.84. The SMILES string of the molecule is CCOC1CC(O)(C2(CN)Cc3ccccc3C2)C1. The first-order valence-corrected chi connectivity index (χ1v) is 7.23. The quantitative estimate of drug-likeness (QED) is 0.866. The normalized spacial score (nSPS) is 31.8. The Morgan fingerprint density at radius 2 is 1.84 bits per heavy atom. The molecule has 0 aromatic heterocycles. The lowest BCUT2D eigenvalue weighted by atomic mass is 9.58. The van der Waals surface area contributed by atoms with Crippen molar-refractivity contribution in [2.45, 2.75) is 44.3 Å². The van der Waals surface area contributed by atoms with Gasteiger partial charge in [0.2, 0.25) is 0 Å². The maximum atomic E-state index is 11.0. The number of hydrogen-bond acceptors (Lipinski definition) is 3. The zero-order valence-corrected chi connectivity index (χ0v) is 11.6. The molecule has 0 heterocycles. The molecule has 0 atom stereocenters. The Bertz CT molecular complexity index is 441. The highest BCUT2D eigenvalue weighted by Crippen LogP contribution is 2.53. The molecule has 1 aromatic carbocycles. The van der Waals surface area contributed by atoms with Crippen molar-refractivity contribution in [1.82, 2.24) is 0 Å². The number of aliphatic hydroxyl groups is 1. The van der Waals surface area contributed by atoms with Gasteiger partial charge in [0.1, 0.15) is 0 Å². The van der Waals surface area contributed by atoms with E-state index in [1.807, 2.05) is 6.92 Å². The molecule has 0 saturated heterocycles. The van der Waals surface area contributed by atoms with Crippen molar-refractivity contribution in [3.63, 3.8) is 0 Å². The lowest BCUT2D eigenvalue weighted by molar-refractivity contribution is -0.197. The van der Waals surface area contributed by atoms with Crippen LogP contribution >= 0.6 is 0 Å². The number of hydrogen-bond donors (Lipinski definition) is 2. The van der Waals surface area contributed by atoms with E-state index < -0.39 is 5.60 Å². The third kappa shape index (κ3) is 1.92. The molecule has 1 saturated carbocycles. The Labute approximate surface area is 114 Å². The Kier molecular flexibility index (Phi) is 3.16. The first-order valence-electron chi connectivity index (χ1n) is 7.23. The van der Waals surface area contributed by atoms with Crippen molar-refractivity contribution in [2.75, 3.05) is 13.2 Å². The van der Waals surface area contributed by atoms with Gasteiger partial charge in [-0.2, -0.15) is 0 Å². The smallest absolute Gasteiger partial charge is 0.0771 e. The molecule has 104 valence electrons. The molecule has 0 aliphatic heterocycles. The van der Waals surface area contributed by atoms with Crippen LogP contribution in [-0.2, 0) is 17.6 Å². The summed E-state index contributed by atoms with van der Waals surface area (Å²) in [5.41, 5.74) is 7.92. The van der Waals surface area contributed by atoms with Crippen LogP contribution in [0.1, 0.15) is 30.9 Å². The molecular weight excluding hydrogens is 238 g/mol. The summed E-state index contributed by atoms with van der Waals surface area (Å²) in [5, 5.41) is 11.0.